The van der Waals surface area contributed by atoms with Gasteiger partial charge >= 0.3 is 0 Å². The molecular weight excluding hydrogens is 418 g/mol. The normalized spacial score (nSPS) is 10.7. The maximum absolute atomic E-state index is 12.2. The van der Waals surface area contributed by atoms with Crippen molar-refractivity contribution in [1.29, 1.82) is 0 Å². The highest BCUT2D eigenvalue weighted by atomic mass is 16.6. The number of hydrogen-bond acceptors (Lipinski definition) is 8. The summed E-state index contributed by atoms with van der Waals surface area (Å²) in [6.07, 6.45) is 1.45. The summed E-state index contributed by atoms with van der Waals surface area (Å²) in [5.41, 5.74) is 3.64. The predicted molar refractivity (Wildman–Crippen MR) is 116 cm³/mol. The Hall–Kier alpha value is -4.34. The number of furan rings is 1. The monoisotopic (exact) mass is 439 g/mol. The number of rotatable bonds is 9. The van der Waals surface area contributed by atoms with Crippen molar-refractivity contribution in [3.63, 3.8) is 0 Å². The van der Waals surface area contributed by atoms with E-state index in [2.05, 4.69) is 10.5 Å². The summed E-state index contributed by atoms with van der Waals surface area (Å²) in [5.74, 6) is 1.92. The highest BCUT2D eigenvalue weighted by molar-refractivity contribution is 5.82. The SMILES string of the molecule is COc1ccc(CC(=O)NN=Cc2ccc(-c3ccc([N+](=O)[O-])cc3OC)o2)cc1OC. The number of hydrogen-bond donors (Lipinski definition) is 1. The van der Waals surface area contributed by atoms with Gasteiger partial charge in [0.15, 0.2) is 11.5 Å². The van der Waals surface area contributed by atoms with Gasteiger partial charge in [0.1, 0.15) is 17.3 Å². The molecule has 10 heteroatoms. The lowest BCUT2D eigenvalue weighted by Gasteiger charge is -2.09. The average molecular weight is 439 g/mol. The molecule has 0 saturated heterocycles. The number of methoxy groups -OCH3 is 3. The minimum absolute atomic E-state index is 0.0869. The molecule has 0 aliphatic carbocycles. The van der Waals surface area contributed by atoms with E-state index in [1.165, 1.54) is 39.7 Å². The van der Waals surface area contributed by atoms with Gasteiger partial charge in [-0.05, 0) is 35.9 Å². The largest absolute Gasteiger partial charge is 0.496 e. The molecule has 1 N–H and O–H groups in total. The fraction of sp³-hybridized carbons (Fsp3) is 0.182. The van der Waals surface area contributed by atoms with Gasteiger partial charge < -0.3 is 18.6 Å². The van der Waals surface area contributed by atoms with Crippen molar-refractivity contribution in [3.8, 4) is 28.6 Å². The lowest BCUT2D eigenvalue weighted by molar-refractivity contribution is -0.384. The number of carbonyl (C=O) groups excluding carboxylic acids is 1. The zero-order chi connectivity index (χ0) is 23.1. The summed E-state index contributed by atoms with van der Waals surface area (Å²) in [6.45, 7) is 0. The maximum atomic E-state index is 12.2. The van der Waals surface area contributed by atoms with Crippen molar-refractivity contribution in [2.75, 3.05) is 21.3 Å². The Morgan fingerprint density at radius 1 is 1.03 bits per heavy atom. The lowest BCUT2D eigenvalue weighted by Crippen LogP contribution is -2.19. The summed E-state index contributed by atoms with van der Waals surface area (Å²) in [4.78, 5) is 22.6. The van der Waals surface area contributed by atoms with Gasteiger partial charge in [-0.15, -0.1) is 0 Å². The molecule has 0 aliphatic rings. The van der Waals surface area contributed by atoms with Crippen LogP contribution in [0.3, 0.4) is 0 Å². The van der Waals surface area contributed by atoms with Crippen LogP contribution < -0.4 is 19.6 Å². The van der Waals surface area contributed by atoms with Crippen molar-refractivity contribution < 1.29 is 28.3 Å². The van der Waals surface area contributed by atoms with Crippen molar-refractivity contribution in [2.24, 2.45) is 5.10 Å². The number of amides is 1. The summed E-state index contributed by atoms with van der Waals surface area (Å²) in [5, 5.41) is 14.8. The molecule has 32 heavy (non-hydrogen) atoms. The van der Waals surface area contributed by atoms with Crippen molar-refractivity contribution in [1.82, 2.24) is 5.43 Å². The predicted octanol–water partition coefficient (Wildman–Crippen LogP) is 3.57. The van der Waals surface area contributed by atoms with E-state index in [4.69, 9.17) is 18.6 Å². The van der Waals surface area contributed by atoms with Crippen LogP contribution in [0.5, 0.6) is 17.2 Å². The van der Waals surface area contributed by atoms with Gasteiger partial charge in [-0.1, -0.05) is 6.07 Å². The van der Waals surface area contributed by atoms with Crippen LogP contribution in [0, 0.1) is 10.1 Å². The topological polar surface area (TPSA) is 125 Å². The zero-order valence-corrected chi connectivity index (χ0v) is 17.7. The molecule has 0 unspecified atom stereocenters. The number of benzene rings is 2. The van der Waals surface area contributed by atoms with E-state index < -0.39 is 4.92 Å². The zero-order valence-electron chi connectivity index (χ0n) is 17.7. The molecule has 0 radical (unpaired) electrons. The quantitative estimate of drug-likeness (QED) is 0.307. The van der Waals surface area contributed by atoms with E-state index in [9.17, 15) is 14.9 Å². The third-order valence-corrected chi connectivity index (χ3v) is 4.48. The molecule has 3 rings (SSSR count). The molecule has 0 aliphatic heterocycles. The van der Waals surface area contributed by atoms with Crippen LogP contribution in [0.1, 0.15) is 11.3 Å². The first-order chi connectivity index (χ1) is 15.4. The number of nitro benzene ring substituents is 1. The van der Waals surface area contributed by atoms with E-state index in [0.717, 1.165) is 5.56 Å². The van der Waals surface area contributed by atoms with E-state index in [-0.39, 0.29) is 18.0 Å². The molecule has 1 amide bonds. The van der Waals surface area contributed by atoms with Crippen LogP contribution in [0.25, 0.3) is 11.3 Å². The van der Waals surface area contributed by atoms with Crippen molar-refractivity contribution in [3.05, 3.63) is 70.0 Å². The molecule has 2 aromatic carbocycles. The Morgan fingerprint density at radius 2 is 1.78 bits per heavy atom. The molecule has 0 saturated carbocycles. The van der Waals surface area contributed by atoms with Crippen LogP contribution in [-0.4, -0.2) is 38.4 Å². The Labute approximate surface area is 183 Å². The average Bonchev–Trinajstić information content (AvgIpc) is 3.27. The number of carbonyl (C=O) groups is 1. The van der Waals surface area contributed by atoms with Crippen molar-refractivity contribution >= 4 is 17.8 Å². The number of hydrazone groups is 1. The fourth-order valence-electron chi connectivity index (χ4n) is 2.95. The van der Waals surface area contributed by atoms with Gasteiger partial charge in [-0.2, -0.15) is 5.10 Å². The first-order valence-electron chi connectivity index (χ1n) is 9.40. The lowest BCUT2D eigenvalue weighted by atomic mass is 10.1. The summed E-state index contributed by atoms with van der Waals surface area (Å²) in [7, 11) is 4.48. The van der Waals surface area contributed by atoms with E-state index in [1.54, 1.807) is 36.4 Å². The second-order valence-electron chi connectivity index (χ2n) is 6.50. The minimum Gasteiger partial charge on any atom is -0.496 e. The number of ether oxygens (including phenoxy) is 3. The van der Waals surface area contributed by atoms with Gasteiger partial charge in [0.2, 0.25) is 5.91 Å². The smallest absolute Gasteiger partial charge is 0.273 e. The summed E-state index contributed by atoms with van der Waals surface area (Å²) >= 11 is 0. The number of nitrogens with one attached hydrogen (secondary N) is 1. The molecule has 1 aromatic heterocycles. The second-order valence-corrected chi connectivity index (χ2v) is 6.50. The number of nitrogens with zero attached hydrogens (tertiary/aromatic N) is 2. The standard InChI is InChI=1S/C22H21N3O7/c1-29-19-8-4-14(10-21(19)31-3)11-22(26)24-23-13-16-6-9-18(32-16)17-7-5-15(25(27)28)12-20(17)30-2/h4-10,12-13H,11H2,1-3H3,(H,24,26). The first-order valence-corrected chi connectivity index (χ1v) is 9.40. The number of non-ortho nitro benzene ring substituents is 1. The van der Waals surface area contributed by atoms with E-state index in [1.807, 2.05) is 0 Å². The molecule has 3 aromatic rings. The van der Waals surface area contributed by atoms with Crippen molar-refractivity contribution in [2.45, 2.75) is 6.42 Å². The number of nitro groups is 1. The van der Waals surface area contributed by atoms with Gasteiger partial charge in [-0.25, -0.2) is 5.43 Å². The Balaban J connectivity index is 1.64. The maximum Gasteiger partial charge on any atom is 0.273 e. The summed E-state index contributed by atoms with van der Waals surface area (Å²) in [6, 6.07) is 12.8. The highest BCUT2D eigenvalue weighted by Gasteiger charge is 2.15. The summed E-state index contributed by atoms with van der Waals surface area (Å²) < 4.78 is 21.3. The third-order valence-electron chi connectivity index (χ3n) is 4.48. The van der Waals surface area contributed by atoms with Gasteiger partial charge in [0, 0.05) is 6.07 Å². The molecule has 166 valence electrons. The Morgan fingerprint density at radius 3 is 2.47 bits per heavy atom. The second kappa shape index (κ2) is 10.1. The first kappa shape index (κ1) is 22.3. The Bertz CT molecular complexity index is 1150. The van der Waals surface area contributed by atoms with Crippen LogP contribution >= 0.6 is 0 Å². The van der Waals surface area contributed by atoms with E-state index >= 15 is 0 Å². The molecule has 0 atom stereocenters. The van der Waals surface area contributed by atoms with Gasteiger partial charge in [0.05, 0.1) is 50.5 Å². The molecule has 10 nitrogen and oxygen atoms in total. The van der Waals surface area contributed by atoms with E-state index in [0.29, 0.717) is 34.3 Å². The molecule has 0 spiro atoms. The molecule has 1 heterocycles. The Kier molecular flexibility index (Phi) is 7.06. The highest BCUT2D eigenvalue weighted by Crippen LogP contribution is 2.34. The third kappa shape index (κ3) is 5.22. The van der Waals surface area contributed by atoms with Crippen LogP contribution in [0.15, 0.2) is 58.0 Å². The van der Waals surface area contributed by atoms with Gasteiger partial charge in [0.25, 0.3) is 5.69 Å². The van der Waals surface area contributed by atoms with Crippen LogP contribution in [0.2, 0.25) is 0 Å². The van der Waals surface area contributed by atoms with Crippen LogP contribution in [-0.2, 0) is 11.2 Å². The molecule has 0 bridgehead atoms. The minimum atomic E-state index is -0.503. The van der Waals surface area contributed by atoms with Gasteiger partial charge in [-0.3, -0.25) is 14.9 Å². The fourth-order valence-corrected chi connectivity index (χ4v) is 2.95. The van der Waals surface area contributed by atoms with Crippen LogP contribution in [0.4, 0.5) is 5.69 Å². The molecular formula is C22H21N3O7. The molecule has 0 fully saturated rings.